The number of hydrogen-bond acceptors (Lipinski definition) is 4. The van der Waals surface area contributed by atoms with Gasteiger partial charge in [-0.2, -0.15) is 0 Å². The zero-order chi connectivity index (χ0) is 14.7. The Hall–Kier alpha value is -1.36. The van der Waals surface area contributed by atoms with E-state index in [4.69, 9.17) is 5.73 Å². The lowest BCUT2D eigenvalue weighted by Crippen LogP contribution is -2.49. The normalized spacial score (nSPS) is 23.4. The molecule has 0 bridgehead atoms. The van der Waals surface area contributed by atoms with E-state index < -0.39 is 0 Å². The van der Waals surface area contributed by atoms with Crippen molar-refractivity contribution in [2.24, 2.45) is 17.6 Å². The van der Waals surface area contributed by atoms with Gasteiger partial charge >= 0.3 is 0 Å². The van der Waals surface area contributed by atoms with Gasteiger partial charge in [-0.05, 0) is 24.7 Å². The number of nitrogens with zero attached hydrogens (tertiary/aromatic N) is 3. The second kappa shape index (κ2) is 6.39. The van der Waals surface area contributed by atoms with E-state index in [1.165, 1.54) is 0 Å². The number of nitrogens with two attached hydrogens (primary N) is 1. The molecule has 2 N–H and O–H groups in total. The van der Waals surface area contributed by atoms with Crippen LogP contribution in [0.2, 0.25) is 0 Å². The summed E-state index contributed by atoms with van der Waals surface area (Å²) in [4.78, 5) is 19.0. The molecule has 1 saturated heterocycles. The molecular formula is C15H26N4O. The van der Waals surface area contributed by atoms with Crippen LogP contribution in [0.4, 0.5) is 5.82 Å². The molecule has 0 aromatic carbocycles. The molecule has 1 aromatic heterocycles. The molecule has 0 aliphatic carbocycles. The predicted octanol–water partition coefficient (Wildman–Crippen LogP) is 1.46. The van der Waals surface area contributed by atoms with Gasteiger partial charge in [0.2, 0.25) is 0 Å². The van der Waals surface area contributed by atoms with Gasteiger partial charge in [-0.25, -0.2) is 4.98 Å². The zero-order valence-corrected chi connectivity index (χ0v) is 12.7. The maximum absolute atomic E-state index is 12.6. The monoisotopic (exact) mass is 278 g/mol. The molecule has 2 atom stereocenters. The van der Waals surface area contributed by atoms with Crippen LogP contribution in [0.1, 0.15) is 33.6 Å². The average molecular weight is 278 g/mol. The first-order chi connectivity index (χ1) is 9.52. The minimum atomic E-state index is 0.00852. The summed E-state index contributed by atoms with van der Waals surface area (Å²) >= 11 is 0. The highest BCUT2D eigenvalue weighted by molar-refractivity contribution is 5.38. The lowest BCUT2D eigenvalue weighted by atomic mass is 9.92. The molecule has 1 aliphatic heterocycles. The van der Waals surface area contributed by atoms with Crippen molar-refractivity contribution < 1.29 is 0 Å². The second-order valence-corrected chi connectivity index (χ2v) is 6.31. The van der Waals surface area contributed by atoms with E-state index in [0.29, 0.717) is 24.2 Å². The Bertz CT molecular complexity index is 497. The van der Waals surface area contributed by atoms with Crippen LogP contribution in [-0.4, -0.2) is 28.7 Å². The van der Waals surface area contributed by atoms with Crippen molar-refractivity contribution in [2.75, 3.05) is 18.0 Å². The number of rotatable bonds is 4. The number of piperidine rings is 1. The van der Waals surface area contributed by atoms with Crippen molar-refractivity contribution in [3.05, 3.63) is 22.7 Å². The van der Waals surface area contributed by atoms with Gasteiger partial charge in [-0.3, -0.25) is 4.79 Å². The summed E-state index contributed by atoms with van der Waals surface area (Å²) in [5.41, 5.74) is 5.89. The van der Waals surface area contributed by atoms with Crippen molar-refractivity contribution in [1.29, 1.82) is 0 Å². The quantitative estimate of drug-likeness (QED) is 0.905. The van der Waals surface area contributed by atoms with Gasteiger partial charge in [0.05, 0.1) is 0 Å². The van der Waals surface area contributed by atoms with E-state index in [-0.39, 0.29) is 11.6 Å². The molecule has 20 heavy (non-hydrogen) atoms. The van der Waals surface area contributed by atoms with Crippen molar-refractivity contribution in [2.45, 2.75) is 46.2 Å². The van der Waals surface area contributed by atoms with Crippen molar-refractivity contribution >= 4 is 5.82 Å². The summed E-state index contributed by atoms with van der Waals surface area (Å²) in [6.07, 6.45) is 5.63. The molecule has 2 rings (SSSR count). The van der Waals surface area contributed by atoms with E-state index in [2.05, 4.69) is 30.7 Å². The SMILES string of the molecule is CC(C)Cn1ccnc(N2CCC(C)CC2CN)c1=O. The Morgan fingerprint density at radius 3 is 2.90 bits per heavy atom. The summed E-state index contributed by atoms with van der Waals surface area (Å²) in [5, 5.41) is 0. The fourth-order valence-electron chi connectivity index (χ4n) is 2.92. The van der Waals surface area contributed by atoms with Crippen LogP contribution in [-0.2, 0) is 6.54 Å². The van der Waals surface area contributed by atoms with Crippen molar-refractivity contribution in [3.8, 4) is 0 Å². The Morgan fingerprint density at radius 2 is 2.25 bits per heavy atom. The van der Waals surface area contributed by atoms with Gasteiger partial charge in [-0.1, -0.05) is 20.8 Å². The van der Waals surface area contributed by atoms with Crippen molar-refractivity contribution in [3.63, 3.8) is 0 Å². The fraction of sp³-hybridized carbons (Fsp3) is 0.733. The van der Waals surface area contributed by atoms with Crippen LogP contribution < -0.4 is 16.2 Å². The Kier molecular flexibility index (Phi) is 4.81. The van der Waals surface area contributed by atoms with E-state index >= 15 is 0 Å². The maximum Gasteiger partial charge on any atom is 0.293 e. The molecule has 1 aliphatic rings. The summed E-state index contributed by atoms with van der Waals surface area (Å²) in [5.74, 6) is 1.67. The third kappa shape index (κ3) is 3.20. The first-order valence-corrected chi connectivity index (χ1v) is 7.55. The van der Waals surface area contributed by atoms with Crippen LogP contribution in [0.3, 0.4) is 0 Å². The lowest BCUT2D eigenvalue weighted by Gasteiger charge is -2.38. The maximum atomic E-state index is 12.6. The molecule has 5 heteroatoms. The van der Waals surface area contributed by atoms with E-state index in [0.717, 1.165) is 25.9 Å². The predicted molar refractivity (Wildman–Crippen MR) is 81.9 cm³/mol. The van der Waals surface area contributed by atoms with Crippen LogP contribution in [0, 0.1) is 11.8 Å². The number of hydrogen-bond donors (Lipinski definition) is 1. The molecule has 1 fully saturated rings. The molecule has 0 saturated carbocycles. The highest BCUT2D eigenvalue weighted by atomic mass is 16.1. The average Bonchev–Trinajstić information content (AvgIpc) is 2.41. The van der Waals surface area contributed by atoms with E-state index in [1.54, 1.807) is 17.0 Å². The van der Waals surface area contributed by atoms with Crippen LogP contribution in [0.25, 0.3) is 0 Å². The lowest BCUT2D eigenvalue weighted by molar-refractivity contribution is 0.363. The van der Waals surface area contributed by atoms with E-state index in [1.807, 2.05) is 0 Å². The Morgan fingerprint density at radius 1 is 1.50 bits per heavy atom. The highest BCUT2D eigenvalue weighted by Gasteiger charge is 2.28. The molecule has 2 unspecified atom stereocenters. The molecule has 1 aromatic rings. The summed E-state index contributed by atoms with van der Waals surface area (Å²) in [6.45, 7) is 8.64. The van der Waals surface area contributed by atoms with Gasteiger partial charge in [0.25, 0.3) is 5.56 Å². The minimum Gasteiger partial charge on any atom is -0.348 e. The standard InChI is InChI=1S/C15H26N4O/c1-11(2)10-18-7-5-17-14(15(18)20)19-6-4-12(3)8-13(19)9-16/h5,7,11-13H,4,6,8-10,16H2,1-3H3. The Labute approximate surface area is 120 Å². The molecule has 0 amide bonds. The largest absolute Gasteiger partial charge is 0.348 e. The first kappa shape index (κ1) is 15.0. The summed E-state index contributed by atoms with van der Waals surface area (Å²) in [7, 11) is 0. The molecular weight excluding hydrogens is 252 g/mol. The minimum absolute atomic E-state index is 0.00852. The third-order valence-corrected chi connectivity index (χ3v) is 3.98. The fourth-order valence-corrected chi connectivity index (χ4v) is 2.92. The van der Waals surface area contributed by atoms with Crippen LogP contribution >= 0.6 is 0 Å². The van der Waals surface area contributed by atoms with Crippen LogP contribution in [0.5, 0.6) is 0 Å². The van der Waals surface area contributed by atoms with Gasteiger partial charge in [0.15, 0.2) is 5.82 Å². The smallest absolute Gasteiger partial charge is 0.293 e. The Balaban J connectivity index is 2.30. The zero-order valence-electron chi connectivity index (χ0n) is 12.7. The topological polar surface area (TPSA) is 64.2 Å². The molecule has 112 valence electrons. The number of aromatic nitrogens is 2. The second-order valence-electron chi connectivity index (χ2n) is 6.31. The molecule has 0 spiro atoms. The van der Waals surface area contributed by atoms with Gasteiger partial charge < -0.3 is 15.2 Å². The van der Waals surface area contributed by atoms with Gasteiger partial charge in [-0.15, -0.1) is 0 Å². The summed E-state index contributed by atoms with van der Waals surface area (Å²) < 4.78 is 1.76. The summed E-state index contributed by atoms with van der Waals surface area (Å²) in [6, 6.07) is 0.230. The highest BCUT2D eigenvalue weighted by Crippen LogP contribution is 2.24. The van der Waals surface area contributed by atoms with Crippen molar-refractivity contribution in [1.82, 2.24) is 9.55 Å². The van der Waals surface area contributed by atoms with Crippen LogP contribution in [0.15, 0.2) is 17.2 Å². The number of anilines is 1. The third-order valence-electron chi connectivity index (χ3n) is 3.98. The first-order valence-electron chi connectivity index (χ1n) is 7.55. The van der Waals surface area contributed by atoms with Gasteiger partial charge in [0.1, 0.15) is 0 Å². The molecule has 0 radical (unpaired) electrons. The molecule has 2 heterocycles. The van der Waals surface area contributed by atoms with E-state index in [9.17, 15) is 4.79 Å². The van der Waals surface area contributed by atoms with Gasteiger partial charge in [0, 0.05) is 38.1 Å². The molecule has 5 nitrogen and oxygen atoms in total.